The van der Waals surface area contributed by atoms with Gasteiger partial charge in [-0.15, -0.1) is 12.4 Å². The van der Waals surface area contributed by atoms with Crippen molar-refractivity contribution in [1.29, 1.82) is 0 Å². The van der Waals surface area contributed by atoms with Crippen LogP contribution in [-0.2, 0) is 6.54 Å². The SMILES string of the molecule is Cl.c1cnc(Oc2cccc(CNC34CC5CC(CC(C5)C3)C4)c2)nc1. The van der Waals surface area contributed by atoms with E-state index in [1.807, 2.05) is 6.07 Å². The molecule has 1 aromatic carbocycles. The van der Waals surface area contributed by atoms with E-state index in [-0.39, 0.29) is 12.4 Å². The lowest BCUT2D eigenvalue weighted by atomic mass is 9.53. The Morgan fingerprint density at radius 3 is 2.27 bits per heavy atom. The molecule has 0 spiro atoms. The molecule has 0 radical (unpaired) electrons. The van der Waals surface area contributed by atoms with Crippen LogP contribution in [0.5, 0.6) is 11.8 Å². The van der Waals surface area contributed by atoms with E-state index < -0.39 is 0 Å². The van der Waals surface area contributed by atoms with Gasteiger partial charge in [0.2, 0.25) is 0 Å². The summed E-state index contributed by atoms with van der Waals surface area (Å²) < 4.78 is 5.76. The summed E-state index contributed by atoms with van der Waals surface area (Å²) in [6.07, 6.45) is 12.0. The first-order chi connectivity index (χ1) is 12.3. The topological polar surface area (TPSA) is 47.0 Å². The van der Waals surface area contributed by atoms with E-state index in [0.29, 0.717) is 11.5 Å². The van der Waals surface area contributed by atoms with Crippen LogP contribution in [0.2, 0.25) is 0 Å². The zero-order chi connectivity index (χ0) is 16.7. The van der Waals surface area contributed by atoms with Crippen molar-refractivity contribution < 1.29 is 4.74 Å². The summed E-state index contributed by atoms with van der Waals surface area (Å²) in [5.74, 6) is 3.73. The van der Waals surface area contributed by atoms with Crippen LogP contribution in [0, 0.1) is 17.8 Å². The van der Waals surface area contributed by atoms with Gasteiger partial charge in [-0.1, -0.05) is 12.1 Å². The third-order valence-corrected chi connectivity index (χ3v) is 6.36. The van der Waals surface area contributed by atoms with Gasteiger partial charge in [0.05, 0.1) is 0 Å². The van der Waals surface area contributed by atoms with Crippen molar-refractivity contribution in [2.75, 3.05) is 0 Å². The summed E-state index contributed by atoms with van der Waals surface area (Å²) in [5.41, 5.74) is 1.66. The van der Waals surface area contributed by atoms with Crippen LogP contribution in [0.3, 0.4) is 0 Å². The number of nitrogens with zero attached hydrogens (tertiary/aromatic N) is 2. The highest BCUT2D eigenvalue weighted by atomic mass is 35.5. The van der Waals surface area contributed by atoms with E-state index in [4.69, 9.17) is 4.74 Å². The highest BCUT2D eigenvalue weighted by Gasteiger charge is 2.50. The summed E-state index contributed by atoms with van der Waals surface area (Å²) in [5, 5.41) is 3.95. The van der Waals surface area contributed by atoms with Crippen LogP contribution < -0.4 is 10.1 Å². The number of aromatic nitrogens is 2. The van der Waals surface area contributed by atoms with Gasteiger partial charge in [-0.2, -0.15) is 0 Å². The predicted octanol–water partition coefficient (Wildman–Crippen LogP) is 4.75. The summed E-state index contributed by atoms with van der Waals surface area (Å²) in [7, 11) is 0. The minimum Gasteiger partial charge on any atom is -0.424 e. The first-order valence-corrected chi connectivity index (χ1v) is 9.55. The molecule has 4 saturated carbocycles. The Morgan fingerprint density at radius 2 is 1.62 bits per heavy atom. The third-order valence-electron chi connectivity index (χ3n) is 6.36. The van der Waals surface area contributed by atoms with Crippen LogP contribution in [0.15, 0.2) is 42.7 Å². The molecule has 26 heavy (non-hydrogen) atoms. The van der Waals surface area contributed by atoms with Crippen molar-refractivity contribution in [3.63, 3.8) is 0 Å². The normalized spacial score (nSPS) is 31.5. The second-order valence-electron chi connectivity index (χ2n) is 8.33. The predicted molar refractivity (Wildman–Crippen MR) is 104 cm³/mol. The molecular weight excluding hydrogens is 346 g/mol. The Morgan fingerprint density at radius 1 is 0.962 bits per heavy atom. The molecule has 0 amide bonds. The molecule has 0 atom stereocenters. The first kappa shape index (κ1) is 17.7. The second-order valence-corrected chi connectivity index (χ2v) is 8.33. The molecule has 4 fully saturated rings. The van der Waals surface area contributed by atoms with E-state index in [1.165, 1.54) is 44.1 Å². The van der Waals surface area contributed by atoms with Crippen LogP contribution in [0.25, 0.3) is 0 Å². The minimum atomic E-state index is 0. The Balaban J connectivity index is 0.00000168. The van der Waals surface area contributed by atoms with Gasteiger partial charge in [-0.05, 0) is 80.0 Å². The van der Waals surface area contributed by atoms with Crippen molar-refractivity contribution in [2.45, 2.75) is 50.6 Å². The number of benzene rings is 1. The van der Waals surface area contributed by atoms with E-state index in [0.717, 1.165) is 30.0 Å². The molecule has 0 saturated heterocycles. The number of hydrogen-bond acceptors (Lipinski definition) is 4. The average Bonchev–Trinajstić information content (AvgIpc) is 2.60. The largest absolute Gasteiger partial charge is 0.424 e. The standard InChI is InChI=1S/C21H25N3O.ClH/c1-3-15(10-19(4-1)25-20-22-5-2-6-23-20)14-24-21-11-16-7-17(12-21)9-18(8-16)13-21;/h1-6,10,16-18,24H,7-9,11-14H2;1H. The molecule has 0 unspecified atom stereocenters. The monoisotopic (exact) mass is 371 g/mol. The van der Waals surface area contributed by atoms with Crippen molar-refractivity contribution in [1.82, 2.24) is 15.3 Å². The molecule has 1 aromatic heterocycles. The fourth-order valence-electron chi connectivity index (χ4n) is 5.78. The average molecular weight is 372 g/mol. The Kier molecular flexibility index (Phi) is 4.89. The summed E-state index contributed by atoms with van der Waals surface area (Å²) in [6, 6.07) is 10.5. The zero-order valence-electron chi connectivity index (χ0n) is 14.9. The summed E-state index contributed by atoms with van der Waals surface area (Å²) >= 11 is 0. The molecule has 4 aliphatic rings. The van der Waals surface area contributed by atoms with E-state index >= 15 is 0 Å². The van der Waals surface area contributed by atoms with Crippen LogP contribution in [-0.4, -0.2) is 15.5 Å². The molecule has 0 aliphatic heterocycles. The van der Waals surface area contributed by atoms with Gasteiger partial charge in [0.1, 0.15) is 5.75 Å². The fraction of sp³-hybridized carbons (Fsp3) is 0.524. The molecule has 1 heterocycles. The van der Waals surface area contributed by atoms with Gasteiger partial charge >= 0.3 is 6.01 Å². The lowest BCUT2D eigenvalue weighted by molar-refractivity contribution is -0.0206. The molecule has 6 rings (SSSR count). The van der Waals surface area contributed by atoms with Crippen LogP contribution in [0.4, 0.5) is 0 Å². The van der Waals surface area contributed by atoms with Crippen molar-refractivity contribution in [2.24, 2.45) is 17.8 Å². The van der Waals surface area contributed by atoms with Gasteiger partial charge < -0.3 is 10.1 Å². The van der Waals surface area contributed by atoms with Gasteiger partial charge in [-0.25, -0.2) is 9.97 Å². The van der Waals surface area contributed by atoms with Gasteiger partial charge in [0.15, 0.2) is 0 Å². The van der Waals surface area contributed by atoms with Gasteiger partial charge in [0.25, 0.3) is 0 Å². The molecular formula is C21H26ClN3O. The molecule has 4 bridgehead atoms. The lowest BCUT2D eigenvalue weighted by Crippen LogP contribution is -2.58. The van der Waals surface area contributed by atoms with E-state index in [9.17, 15) is 0 Å². The quantitative estimate of drug-likeness (QED) is 0.823. The summed E-state index contributed by atoms with van der Waals surface area (Å²) in [6.45, 7) is 0.916. The molecule has 5 heteroatoms. The highest BCUT2D eigenvalue weighted by Crippen LogP contribution is 2.55. The summed E-state index contributed by atoms with van der Waals surface area (Å²) in [4.78, 5) is 8.26. The lowest BCUT2D eigenvalue weighted by Gasteiger charge is -2.57. The molecule has 1 N–H and O–H groups in total. The number of halogens is 1. The maximum atomic E-state index is 5.76. The highest BCUT2D eigenvalue weighted by molar-refractivity contribution is 5.85. The zero-order valence-corrected chi connectivity index (χ0v) is 15.8. The van der Waals surface area contributed by atoms with Gasteiger partial charge in [-0.3, -0.25) is 0 Å². The van der Waals surface area contributed by atoms with Crippen molar-refractivity contribution >= 4 is 12.4 Å². The third kappa shape index (κ3) is 3.58. The number of nitrogens with one attached hydrogen (secondary N) is 1. The molecule has 138 valence electrons. The number of hydrogen-bond donors (Lipinski definition) is 1. The van der Waals surface area contributed by atoms with Crippen LogP contribution >= 0.6 is 12.4 Å². The van der Waals surface area contributed by atoms with Crippen LogP contribution in [0.1, 0.15) is 44.1 Å². The molecule has 4 nitrogen and oxygen atoms in total. The first-order valence-electron chi connectivity index (χ1n) is 9.55. The smallest absolute Gasteiger partial charge is 0.321 e. The molecule has 4 aliphatic carbocycles. The number of rotatable bonds is 5. The van der Waals surface area contributed by atoms with E-state index in [1.54, 1.807) is 18.5 Å². The Bertz CT molecular complexity index is 717. The minimum absolute atomic E-state index is 0. The maximum Gasteiger partial charge on any atom is 0.321 e. The Hall–Kier alpha value is -1.65. The fourth-order valence-corrected chi connectivity index (χ4v) is 5.78. The second kappa shape index (κ2) is 7.16. The van der Waals surface area contributed by atoms with Crippen molar-refractivity contribution in [3.8, 4) is 11.8 Å². The van der Waals surface area contributed by atoms with Gasteiger partial charge in [0, 0.05) is 24.5 Å². The van der Waals surface area contributed by atoms with E-state index in [2.05, 4.69) is 33.5 Å². The van der Waals surface area contributed by atoms with Crippen molar-refractivity contribution in [3.05, 3.63) is 48.3 Å². The number of ether oxygens (including phenoxy) is 1. The maximum absolute atomic E-state index is 5.76. The molecule has 2 aromatic rings. The Labute approximate surface area is 161 Å².